The number of anilines is 1. The zero-order valence-corrected chi connectivity index (χ0v) is 12.2. The Morgan fingerprint density at radius 2 is 2.20 bits per heavy atom. The monoisotopic (exact) mass is 279 g/mol. The van der Waals surface area contributed by atoms with Crippen LogP contribution in [0.15, 0.2) is 17.2 Å². The lowest BCUT2D eigenvalue weighted by atomic mass is 10.1. The van der Waals surface area contributed by atoms with E-state index in [0.29, 0.717) is 12.4 Å². The van der Waals surface area contributed by atoms with Crippen LogP contribution in [-0.2, 0) is 10.3 Å². The van der Waals surface area contributed by atoms with Crippen molar-refractivity contribution < 1.29 is 9.90 Å². The minimum atomic E-state index is -0.839. The van der Waals surface area contributed by atoms with E-state index in [1.807, 2.05) is 25.7 Å². The lowest BCUT2D eigenvalue weighted by molar-refractivity contribution is -0.137. The smallest absolute Gasteiger partial charge is 0.305 e. The molecule has 0 aliphatic carbocycles. The topological polar surface area (TPSA) is 75.4 Å². The number of carbonyl (C=O) groups is 1. The van der Waals surface area contributed by atoms with Crippen LogP contribution in [0.4, 0.5) is 5.82 Å². The van der Waals surface area contributed by atoms with Crippen LogP contribution >= 0.6 is 0 Å². The zero-order valence-electron chi connectivity index (χ0n) is 12.2. The van der Waals surface area contributed by atoms with Crippen molar-refractivity contribution in [3.05, 3.63) is 22.7 Å². The van der Waals surface area contributed by atoms with E-state index < -0.39 is 5.97 Å². The van der Waals surface area contributed by atoms with Crippen LogP contribution in [0.1, 0.15) is 40.0 Å². The Morgan fingerprint density at radius 1 is 1.50 bits per heavy atom. The van der Waals surface area contributed by atoms with Crippen molar-refractivity contribution in [2.75, 3.05) is 11.4 Å². The second-order valence-corrected chi connectivity index (χ2v) is 6.18. The van der Waals surface area contributed by atoms with Crippen molar-refractivity contribution in [3.8, 4) is 0 Å². The molecule has 20 heavy (non-hydrogen) atoms. The summed E-state index contributed by atoms with van der Waals surface area (Å²) < 4.78 is 1.64. The van der Waals surface area contributed by atoms with Crippen molar-refractivity contribution in [2.45, 2.75) is 51.6 Å². The van der Waals surface area contributed by atoms with Crippen molar-refractivity contribution in [1.82, 2.24) is 9.55 Å². The largest absolute Gasteiger partial charge is 0.481 e. The summed E-state index contributed by atoms with van der Waals surface area (Å²) in [5.74, 6) is -0.472. The molecule has 2 rings (SSSR count). The summed E-state index contributed by atoms with van der Waals surface area (Å²) in [5, 5.41) is 8.96. The fourth-order valence-electron chi connectivity index (χ4n) is 2.65. The van der Waals surface area contributed by atoms with E-state index in [9.17, 15) is 9.59 Å². The van der Waals surface area contributed by atoms with E-state index in [1.54, 1.807) is 17.0 Å². The number of hydrogen-bond acceptors (Lipinski definition) is 4. The number of hydrogen-bond donors (Lipinski definition) is 1. The van der Waals surface area contributed by atoms with E-state index in [0.717, 1.165) is 12.8 Å². The Morgan fingerprint density at radius 3 is 2.80 bits per heavy atom. The fourth-order valence-corrected chi connectivity index (χ4v) is 2.65. The summed E-state index contributed by atoms with van der Waals surface area (Å²) in [6, 6.07) is -0.136. The van der Waals surface area contributed by atoms with Crippen LogP contribution in [0.3, 0.4) is 0 Å². The van der Waals surface area contributed by atoms with Gasteiger partial charge in [0.1, 0.15) is 0 Å². The SMILES string of the molecule is CC(C)(C)n1ccnc(N2CCCC2CC(=O)O)c1=O. The molecule has 1 aliphatic heterocycles. The van der Waals surface area contributed by atoms with Crippen molar-refractivity contribution in [1.29, 1.82) is 0 Å². The normalized spacial score (nSPS) is 19.4. The Bertz CT molecular complexity index is 560. The van der Waals surface area contributed by atoms with E-state index in [1.165, 1.54) is 0 Å². The van der Waals surface area contributed by atoms with Gasteiger partial charge in [0.25, 0.3) is 5.56 Å². The first-order valence-corrected chi connectivity index (χ1v) is 6.87. The number of carboxylic acids is 1. The Hall–Kier alpha value is -1.85. The third kappa shape index (κ3) is 2.84. The molecule has 6 nitrogen and oxygen atoms in total. The van der Waals surface area contributed by atoms with Gasteiger partial charge in [-0.05, 0) is 33.6 Å². The second-order valence-electron chi connectivity index (χ2n) is 6.18. The highest BCUT2D eigenvalue weighted by Gasteiger charge is 2.30. The van der Waals surface area contributed by atoms with Gasteiger partial charge in [0.2, 0.25) is 0 Å². The number of carboxylic acid groups (broad SMARTS) is 1. The van der Waals surface area contributed by atoms with E-state index in [2.05, 4.69) is 4.98 Å². The third-order valence-corrected chi connectivity index (χ3v) is 3.60. The predicted octanol–water partition coefficient (Wildman–Crippen LogP) is 1.44. The average molecular weight is 279 g/mol. The predicted molar refractivity (Wildman–Crippen MR) is 76.1 cm³/mol. The first-order chi connectivity index (χ1) is 9.30. The van der Waals surface area contributed by atoms with Crippen molar-refractivity contribution in [3.63, 3.8) is 0 Å². The van der Waals surface area contributed by atoms with Gasteiger partial charge in [0.15, 0.2) is 5.82 Å². The summed E-state index contributed by atoms with van der Waals surface area (Å²) in [5.41, 5.74) is -0.478. The molecule has 1 unspecified atom stereocenters. The molecule has 0 saturated carbocycles. The maximum absolute atomic E-state index is 12.5. The Balaban J connectivity index is 2.38. The molecular weight excluding hydrogens is 258 g/mol. The highest BCUT2D eigenvalue weighted by Crippen LogP contribution is 2.24. The van der Waals surface area contributed by atoms with Crippen LogP contribution in [0, 0.1) is 0 Å². The van der Waals surface area contributed by atoms with Crippen molar-refractivity contribution in [2.24, 2.45) is 0 Å². The molecular formula is C14H21N3O3. The highest BCUT2D eigenvalue weighted by molar-refractivity contribution is 5.68. The van der Waals surface area contributed by atoms with Gasteiger partial charge in [-0.2, -0.15) is 0 Å². The first kappa shape index (κ1) is 14.6. The van der Waals surface area contributed by atoms with E-state index in [4.69, 9.17) is 5.11 Å². The Labute approximate surface area is 118 Å². The van der Waals surface area contributed by atoms with Gasteiger partial charge in [-0.1, -0.05) is 0 Å². The number of aromatic nitrogens is 2. The first-order valence-electron chi connectivity index (χ1n) is 6.87. The van der Waals surface area contributed by atoms with Gasteiger partial charge >= 0.3 is 5.97 Å². The molecule has 0 radical (unpaired) electrons. The second kappa shape index (κ2) is 5.26. The average Bonchev–Trinajstić information content (AvgIpc) is 2.75. The molecule has 0 aromatic carbocycles. The fraction of sp³-hybridized carbons (Fsp3) is 0.643. The summed E-state index contributed by atoms with van der Waals surface area (Å²) in [6.45, 7) is 6.55. The zero-order chi connectivity index (χ0) is 14.9. The number of aliphatic carboxylic acids is 1. The van der Waals surface area contributed by atoms with E-state index in [-0.39, 0.29) is 23.6 Å². The number of rotatable bonds is 3. The molecule has 1 saturated heterocycles. The van der Waals surface area contributed by atoms with Gasteiger partial charge in [0, 0.05) is 30.5 Å². The van der Waals surface area contributed by atoms with Crippen molar-refractivity contribution >= 4 is 11.8 Å². The van der Waals surface area contributed by atoms with Crippen LogP contribution in [0.2, 0.25) is 0 Å². The molecule has 1 atom stereocenters. The van der Waals surface area contributed by atoms with Crippen LogP contribution in [0.5, 0.6) is 0 Å². The molecule has 0 bridgehead atoms. The molecule has 1 aromatic rings. The minimum absolute atomic E-state index is 0.0472. The summed E-state index contributed by atoms with van der Waals surface area (Å²) >= 11 is 0. The van der Waals surface area contributed by atoms with Gasteiger partial charge < -0.3 is 14.6 Å². The standard InChI is InChI=1S/C14H21N3O3/c1-14(2,3)17-8-6-15-12(13(17)20)16-7-4-5-10(16)9-11(18)19/h6,8,10H,4-5,7,9H2,1-3H3,(H,18,19). The Kier molecular flexibility index (Phi) is 3.83. The molecule has 110 valence electrons. The van der Waals surface area contributed by atoms with Gasteiger partial charge in [-0.15, -0.1) is 0 Å². The molecule has 6 heteroatoms. The summed E-state index contributed by atoms with van der Waals surface area (Å²) in [7, 11) is 0. The molecule has 1 fully saturated rings. The van der Waals surface area contributed by atoms with Gasteiger partial charge in [-0.25, -0.2) is 4.98 Å². The van der Waals surface area contributed by atoms with Gasteiger partial charge in [-0.3, -0.25) is 9.59 Å². The third-order valence-electron chi connectivity index (χ3n) is 3.60. The minimum Gasteiger partial charge on any atom is -0.481 e. The highest BCUT2D eigenvalue weighted by atomic mass is 16.4. The van der Waals surface area contributed by atoms with Gasteiger partial charge in [0.05, 0.1) is 6.42 Å². The van der Waals surface area contributed by atoms with E-state index >= 15 is 0 Å². The van der Waals surface area contributed by atoms with Crippen LogP contribution in [0.25, 0.3) is 0 Å². The van der Waals surface area contributed by atoms with Crippen LogP contribution < -0.4 is 10.5 Å². The maximum atomic E-state index is 12.5. The molecule has 1 aromatic heterocycles. The molecule has 0 amide bonds. The maximum Gasteiger partial charge on any atom is 0.305 e. The summed E-state index contributed by atoms with van der Waals surface area (Å²) in [4.78, 5) is 29.5. The molecule has 0 spiro atoms. The molecule has 1 N–H and O–H groups in total. The lowest BCUT2D eigenvalue weighted by Gasteiger charge is -2.27. The summed E-state index contributed by atoms with van der Waals surface area (Å²) in [6.07, 6.45) is 5.01. The molecule has 2 heterocycles. The number of nitrogens with zero attached hydrogens (tertiary/aromatic N) is 3. The molecule has 1 aliphatic rings. The quantitative estimate of drug-likeness (QED) is 0.906. The lowest BCUT2D eigenvalue weighted by Crippen LogP contribution is -2.41. The van der Waals surface area contributed by atoms with Crippen LogP contribution in [-0.4, -0.2) is 33.2 Å².